The number of hydrogen-bond acceptors (Lipinski definition) is 5. The molecule has 2 aromatic heterocycles. The van der Waals surface area contributed by atoms with E-state index < -0.39 is 0 Å². The number of carbonyl (C=O) groups excluding carboxylic acids is 1. The smallest absolute Gasteiger partial charge is 0.262 e. The zero-order valence-electron chi connectivity index (χ0n) is 16.3. The number of anilines is 1. The number of nitrogens with zero attached hydrogens (tertiary/aromatic N) is 2. The number of aromatic nitrogens is 1. The van der Waals surface area contributed by atoms with Gasteiger partial charge in [-0.15, -0.1) is 11.3 Å². The van der Waals surface area contributed by atoms with Crippen LogP contribution in [0.3, 0.4) is 0 Å². The van der Waals surface area contributed by atoms with Crippen molar-refractivity contribution in [1.29, 1.82) is 0 Å². The predicted octanol–water partition coefficient (Wildman–Crippen LogP) is 4.73. The molecule has 150 valence electrons. The van der Waals surface area contributed by atoms with Gasteiger partial charge in [0.2, 0.25) is 0 Å². The maximum atomic E-state index is 11.7. The van der Waals surface area contributed by atoms with Gasteiger partial charge in [0.1, 0.15) is 11.5 Å². The molecule has 1 amide bonds. The number of rotatable bonds is 4. The van der Waals surface area contributed by atoms with E-state index in [-0.39, 0.29) is 12.5 Å². The first-order chi connectivity index (χ1) is 14.7. The molecule has 0 radical (unpaired) electrons. The largest absolute Gasteiger partial charge is 0.482 e. The van der Waals surface area contributed by atoms with Gasteiger partial charge >= 0.3 is 0 Å². The Morgan fingerprint density at radius 3 is 2.93 bits per heavy atom. The zero-order chi connectivity index (χ0) is 20.5. The van der Waals surface area contributed by atoms with Gasteiger partial charge in [-0.2, -0.15) is 0 Å². The molecule has 30 heavy (non-hydrogen) atoms. The van der Waals surface area contributed by atoms with Crippen molar-refractivity contribution >= 4 is 28.6 Å². The lowest BCUT2D eigenvalue weighted by Gasteiger charge is -2.18. The molecule has 7 heteroatoms. The molecular weight excluding hydrogens is 398 g/mol. The van der Waals surface area contributed by atoms with Gasteiger partial charge in [0.05, 0.1) is 29.9 Å². The van der Waals surface area contributed by atoms with Crippen LogP contribution in [0.1, 0.15) is 11.3 Å². The highest BCUT2D eigenvalue weighted by Gasteiger charge is 2.18. The Morgan fingerprint density at radius 1 is 1.17 bits per heavy atom. The molecule has 1 N–H and O–H groups in total. The summed E-state index contributed by atoms with van der Waals surface area (Å²) in [6, 6.07) is 17.8. The molecule has 1 aliphatic heterocycles. The standard InChI is InChI=1S/C23H19N3O3S/c1-15-4-2-5-17(10-15)24-23-26(12-18-6-3-9-28-18)20(14-30-23)16-7-8-21-19(11-16)25-22(27)13-29-21/h2-11,14H,12-13H2,1H3,(H,25,27). The molecule has 0 spiro atoms. The number of benzene rings is 2. The Morgan fingerprint density at radius 2 is 2.10 bits per heavy atom. The van der Waals surface area contributed by atoms with E-state index in [4.69, 9.17) is 14.1 Å². The average Bonchev–Trinajstić information content (AvgIpc) is 3.38. The van der Waals surface area contributed by atoms with E-state index in [0.29, 0.717) is 18.0 Å². The molecule has 0 saturated heterocycles. The van der Waals surface area contributed by atoms with Gasteiger partial charge in [-0.05, 0) is 55.0 Å². The second-order valence-electron chi connectivity index (χ2n) is 7.07. The molecule has 5 rings (SSSR count). The fourth-order valence-corrected chi connectivity index (χ4v) is 4.34. The zero-order valence-corrected chi connectivity index (χ0v) is 17.1. The summed E-state index contributed by atoms with van der Waals surface area (Å²) in [5.41, 5.74) is 4.70. The molecule has 0 unspecified atom stereocenters. The molecule has 4 aromatic rings. The fourth-order valence-electron chi connectivity index (χ4n) is 3.41. The lowest BCUT2D eigenvalue weighted by atomic mass is 10.1. The Kier molecular flexibility index (Phi) is 4.72. The van der Waals surface area contributed by atoms with Crippen LogP contribution in [0.4, 0.5) is 11.4 Å². The SMILES string of the molecule is Cc1cccc(N=c2scc(-c3ccc4c(c3)NC(=O)CO4)n2Cc2ccco2)c1. The highest BCUT2D eigenvalue weighted by molar-refractivity contribution is 7.07. The molecule has 0 atom stereocenters. The number of amides is 1. The van der Waals surface area contributed by atoms with Crippen molar-refractivity contribution in [2.24, 2.45) is 4.99 Å². The topological polar surface area (TPSA) is 68.8 Å². The summed E-state index contributed by atoms with van der Waals surface area (Å²) in [4.78, 5) is 17.5. The number of thiazole rings is 1. The summed E-state index contributed by atoms with van der Waals surface area (Å²) in [7, 11) is 0. The van der Waals surface area contributed by atoms with E-state index in [2.05, 4.69) is 34.3 Å². The second kappa shape index (κ2) is 7.68. The van der Waals surface area contributed by atoms with Crippen molar-refractivity contribution in [1.82, 2.24) is 4.57 Å². The Bertz CT molecular complexity index is 1290. The van der Waals surface area contributed by atoms with Crippen molar-refractivity contribution in [2.75, 3.05) is 11.9 Å². The molecule has 2 aromatic carbocycles. The number of furan rings is 1. The number of hydrogen-bond donors (Lipinski definition) is 1. The van der Waals surface area contributed by atoms with E-state index in [1.807, 2.05) is 42.5 Å². The van der Waals surface area contributed by atoms with Gasteiger partial charge in [-0.3, -0.25) is 4.79 Å². The van der Waals surface area contributed by atoms with Crippen molar-refractivity contribution in [3.8, 4) is 17.0 Å². The quantitative estimate of drug-likeness (QED) is 0.522. The van der Waals surface area contributed by atoms with E-state index >= 15 is 0 Å². The third-order valence-corrected chi connectivity index (χ3v) is 5.69. The lowest BCUT2D eigenvalue weighted by molar-refractivity contribution is -0.118. The molecular formula is C23H19N3O3S. The molecule has 1 aliphatic rings. The summed E-state index contributed by atoms with van der Waals surface area (Å²) in [6.45, 7) is 2.65. The van der Waals surface area contributed by atoms with Gasteiger partial charge in [0, 0.05) is 10.9 Å². The van der Waals surface area contributed by atoms with Crippen LogP contribution < -0.4 is 14.9 Å². The van der Waals surface area contributed by atoms with E-state index in [1.54, 1.807) is 17.6 Å². The van der Waals surface area contributed by atoms with Crippen LogP contribution >= 0.6 is 11.3 Å². The third-order valence-electron chi connectivity index (χ3n) is 4.83. The molecule has 3 heterocycles. The third kappa shape index (κ3) is 3.67. The minimum absolute atomic E-state index is 0.0445. The van der Waals surface area contributed by atoms with Crippen LogP contribution in [0, 0.1) is 6.92 Å². The van der Waals surface area contributed by atoms with Crippen molar-refractivity contribution < 1.29 is 13.9 Å². The minimum atomic E-state index is -0.149. The first kappa shape index (κ1) is 18.4. The average molecular weight is 417 g/mol. The monoisotopic (exact) mass is 417 g/mol. The van der Waals surface area contributed by atoms with Gasteiger partial charge in [0.15, 0.2) is 11.4 Å². The maximum absolute atomic E-state index is 11.7. The molecule has 0 aliphatic carbocycles. The van der Waals surface area contributed by atoms with Crippen LogP contribution in [-0.2, 0) is 11.3 Å². The lowest BCUT2D eigenvalue weighted by Crippen LogP contribution is -2.25. The van der Waals surface area contributed by atoms with Gasteiger partial charge in [0.25, 0.3) is 5.91 Å². The Balaban J connectivity index is 1.63. The molecule has 0 bridgehead atoms. The van der Waals surface area contributed by atoms with Gasteiger partial charge in [-0.1, -0.05) is 12.1 Å². The summed E-state index contributed by atoms with van der Waals surface area (Å²) in [6.07, 6.45) is 1.67. The van der Waals surface area contributed by atoms with Crippen LogP contribution in [0.5, 0.6) is 5.75 Å². The van der Waals surface area contributed by atoms with Gasteiger partial charge in [-0.25, -0.2) is 4.99 Å². The summed E-state index contributed by atoms with van der Waals surface area (Å²) in [5, 5.41) is 4.95. The first-order valence-corrected chi connectivity index (χ1v) is 10.4. The normalized spacial score (nSPS) is 13.6. The highest BCUT2D eigenvalue weighted by atomic mass is 32.1. The van der Waals surface area contributed by atoms with E-state index in [0.717, 1.165) is 33.1 Å². The second-order valence-corrected chi connectivity index (χ2v) is 7.90. The van der Waals surface area contributed by atoms with Crippen LogP contribution in [0.25, 0.3) is 11.3 Å². The van der Waals surface area contributed by atoms with E-state index in [9.17, 15) is 4.79 Å². The van der Waals surface area contributed by atoms with Crippen LogP contribution in [-0.4, -0.2) is 17.1 Å². The van der Waals surface area contributed by atoms with Gasteiger partial charge < -0.3 is 19.0 Å². The highest BCUT2D eigenvalue weighted by Crippen LogP contribution is 2.33. The first-order valence-electron chi connectivity index (χ1n) is 9.55. The summed E-state index contributed by atoms with van der Waals surface area (Å²) >= 11 is 1.57. The van der Waals surface area contributed by atoms with Crippen molar-refractivity contribution in [3.63, 3.8) is 0 Å². The fraction of sp³-hybridized carbons (Fsp3) is 0.130. The number of carbonyl (C=O) groups is 1. The molecule has 0 saturated carbocycles. The van der Waals surface area contributed by atoms with Crippen molar-refractivity contribution in [2.45, 2.75) is 13.5 Å². The Hall–Kier alpha value is -3.58. The number of nitrogens with one attached hydrogen (secondary N) is 1. The summed E-state index contributed by atoms with van der Waals surface area (Å²) < 4.78 is 13.2. The number of ether oxygens (including phenoxy) is 1. The van der Waals surface area contributed by atoms with Crippen molar-refractivity contribution in [3.05, 3.63) is 82.4 Å². The molecule has 0 fully saturated rings. The molecule has 6 nitrogen and oxygen atoms in total. The van der Waals surface area contributed by atoms with E-state index in [1.165, 1.54) is 0 Å². The maximum Gasteiger partial charge on any atom is 0.262 e. The number of fused-ring (bicyclic) bond motifs is 1. The predicted molar refractivity (Wildman–Crippen MR) is 116 cm³/mol. The Labute approximate surface area is 177 Å². The summed E-state index contributed by atoms with van der Waals surface area (Å²) in [5.74, 6) is 1.37. The van der Waals surface area contributed by atoms with Crippen LogP contribution in [0.15, 0.2) is 75.7 Å². The minimum Gasteiger partial charge on any atom is -0.482 e. The number of aryl methyl sites for hydroxylation is 1. The van der Waals surface area contributed by atoms with Crippen LogP contribution in [0.2, 0.25) is 0 Å².